The minimum atomic E-state index is -0.605. The smallest absolute Gasteiger partial charge is 0.243 e. The third kappa shape index (κ3) is 3.85. The summed E-state index contributed by atoms with van der Waals surface area (Å²) in [6, 6.07) is 7.02. The second kappa shape index (κ2) is 6.62. The third-order valence-electron chi connectivity index (χ3n) is 3.48. The number of benzene rings is 1. The summed E-state index contributed by atoms with van der Waals surface area (Å²) in [4.78, 5) is 26.8. The predicted octanol–water partition coefficient (Wildman–Crippen LogP) is 1.51. The van der Waals surface area contributed by atoms with Crippen molar-refractivity contribution in [2.24, 2.45) is 11.7 Å². The minimum Gasteiger partial charge on any atom is -0.359 e. The zero-order valence-electron chi connectivity index (χ0n) is 13.1. The Hall–Kier alpha value is -2.34. The van der Waals surface area contributed by atoms with Gasteiger partial charge in [-0.05, 0) is 37.1 Å². The maximum Gasteiger partial charge on any atom is 0.243 e. The Balaban J connectivity index is 1.92. The number of anilines is 1. The van der Waals surface area contributed by atoms with E-state index in [2.05, 4.69) is 15.6 Å². The molecule has 6 heteroatoms. The summed E-state index contributed by atoms with van der Waals surface area (Å²) in [5, 5.41) is 6.33. The summed E-state index contributed by atoms with van der Waals surface area (Å²) in [7, 11) is 0. The van der Waals surface area contributed by atoms with Gasteiger partial charge in [0, 0.05) is 22.3 Å². The average Bonchev–Trinajstić information content (AvgIpc) is 2.83. The molecular weight excluding hydrogens is 280 g/mol. The molecule has 0 spiro atoms. The molecule has 0 fully saturated rings. The summed E-state index contributed by atoms with van der Waals surface area (Å²) in [6.07, 6.45) is 0. The van der Waals surface area contributed by atoms with E-state index in [1.165, 1.54) is 0 Å². The van der Waals surface area contributed by atoms with Gasteiger partial charge in [-0.1, -0.05) is 13.8 Å². The Bertz CT molecular complexity index is 691. The fraction of sp³-hybridized carbons (Fsp3) is 0.375. The maximum atomic E-state index is 11.9. The number of aryl methyl sites for hydroxylation is 1. The van der Waals surface area contributed by atoms with Crippen molar-refractivity contribution in [1.82, 2.24) is 10.3 Å². The van der Waals surface area contributed by atoms with E-state index in [0.29, 0.717) is 5.69 Å². The molecule has 0 aliphatic carbocycles. The number of rotatable bonds is 5. The van der Waals surface area contributed by atoms with E-state index in [-0.39, 0.29) is 24.3 Å². The number of aromatic amines is 1. The first-order chi connectivity index (χ1) is 10.4. The van der Waals surface area contributed by atoms with Crippen molar-refractivity contribution >= 4 is 28.4 Å². The van der Waals surface area contributed by atoms with Gasteiger partial charge in [0.1, 0.15) is 0 Å². The van der Waals surface area contributed by atoms with Crippen LogP contribution in [0, 0.1) is 12.8 Å². The Morgan fingerprint density at radius 2 is 2.00 bits per heavy atom. The summed E-state index contributed by atoms with van der Waals surface area (Å²) in [5.41, 5.74) is 8.49. The lowest BCUT2D eigenvalue weighted by Gasteiger charge is -2.15. The van der Waals surface area contributed by atoms with Gasteiger partial charge in [0.25, 0.3) is 0 Å². The number of carbonyl (C=O) groups excluding carboxylic acids is 2. The maximum absolute atomic E-state index is 11.9. The Kier molecular flexibility index (Phi) is 4.82. The van der Waals surface area contributed by atoms with Gasteiger partial charge >= 0.3 is 0 Å². The first-order valence-electron chi connectivity index (χ1n) is 7.29. The lowest BCUT2D eigenvalue weighted by molar-refractivity contribution is -0.125. The molecule has 22 heavy (non-hydrogen) atoms. The highest BCUT2D eigenvalue weighted by Crippen LogP contribution is 2.19. The zero-order valence-corrected chi connectivity index (χ0v) is 13.1. The monoisotopic (exact) mass is 302 g/mol. The molecule has 0 bridgehead atoms. The summed E-state index contributed by atoms with van der Waals surface area (Å²) in [5.74, 6) is -0.569. The standard InChI is InChI=1S/C16H22N4O2/c1-9(2)15(17)16(22)18-8-14(21)20-12-4-5-13-11(7-12)6-10(3)19-13/h4-7,9,15,19H,8,17H2,1-3H3,(H,18,22)(H,20,21)/t15-/m0/s1. The second-order valence-corrected chi connectivity index (χ2v) is 5.79. The van der Waals surface area contributed by atoms with Crippen LogP contribution in [0.1, 0.15) is 19.5 Å². The molecular formula is C16H22N4O2. The molecule has 0 saturated carbocycles. The molecule has 0 aliphatic heterocycles. The van der Waals surface area contributed by atoms with Crippen LogP contribution in [0.4, 0.5) is 5.69 Å². The van der Waals surface area contributed by atoms with Gasteiger partial charge in [0.15, 0.2) is 0 Å². The van der Waals surface area contributed by atoms with Gasteiger partial charge in [-0.15, -0.1) is 0 Å². The topological polar surface area (TPSA) is 100 Å². The van der Waals surface area contributed by atoms with Gasteiger partial charge in [-0.3, -0.25) is 9.59 Å². The highest BCUT2D eigenvalue weighted by atomic mass is 16.2. The highest BCUT2D eigenvalue weighted by Gasteiger charge is 2.17. The largest absolute Gasteiger partial charge is 0.359 e. The fourth-order valence-electron chi connectivity index (χ4n) is 2.15. The van der Waals surface area contributed by atoms with E-state index < -0.39 is 6.04 Å². The number of carbonyl (C=O) groups is 2. The normalized spacial score (nSPS) is 12.4. The number of nitrogens with two attached hydrogens (primary N) is 1. The van der Waals surface area contributed by atoms with Gasteiger partial charge in [0.2, 0.25) is 11.8 Å². The van der Waals surface area contributed by atoms with Gasteiger partial charge in [-0.25, -0.2) is 0 Å². The van der Waals surface area contributed by atoms with Crippen LogP contribution in [0.3, 0.4) is 0 Å². The Morgan fingerprint density at radius 1 is 1.27 bits per heavy atom. The van der Waals surface area contributed by atoms with E-state index in [1.807, 2.05) is 45.0 Å². The van der Waals surface area contributed by atoms with Crippen LogP contribution in [0.5, 0.6) is 0 Å². The zero-order chi connectivity index (χ0) is 16.3. The number of aromatic nitrogens is 1. The van der Waals surface area contributed by atoms with Crippen LogP contribution in [0.25, 0.3) is 10.9 Å². The number of fused-ring (bicyclic) bond motifs is 1. The van der Waals surface area contributed by atoms with E-state index >= 15 is 0 Å². The quantitative estimate of drug-likeness (QED) is 0.673. The van der Waals surface area contributed by atoms with Crippen LogP contribution in [-0.4, -0.2) is 29.4 Å². The molecule has 1 aromatic heterocycles. The number of H-pyrrole nitrogens is 1. The Labute approximate surface area is 129 Å². The summed E-state index contributed by atoms with van der Waals surface area (Å²) >= 11 is 0. The molecule has 0 aliphatic rings. The van der Waals surface area contributed by atoms with E-state index in [9.17, 15) is 9.59 Å². The number of nitrogens with one attached hydrogen (secondary N) is 3. The average molecular weight is 302 g/mol. The molecule has 2 aromatic rings. The third-order valence-corrected chi connectivity index (χ3v) is 3.48. The lowest BCUT2D eigenvalue weighted by atomic mass is 10.1. The van der Waals surface area contributed by atoms with Crippen LogP contribution in [0.2, 0.25) is 0 Å². The van der Waals surface area contributed by atoms with Gasteiger partial charge in [-0.2, -0.15) is 0 Å². The molecule has 6 nitrogen and oxygen atoms in total. The summed E-state index contributed by atoms with van der Waals surface area (Å²) in [6.45, 7) is 5.60. The Morgan fingerprint density at radius 3 is 2.68 bits per heavy atom. The highest BCUT2D eigenvalue weighted by molar-refractivity contribution is 5.97. The van der Waals surface area contributed by atoms with Crippen molar-refractivity contribution in [2.75, 3.05) is 11.9 Å². The van der Waals surface area contributed by atoms with Crippen LogP contribution in [0.15, 0.2) is 24.3 Å². The van der Waals surface area contributed by atoms with Crippen molar-refractivity contribution < 1.29 is 9.59 Å². The van der Waals surface area contributed by atoms with Crippen LogP contribution < -0.4 is 16.4 Å². The molecule has 1 atom stereocenters. The van der Waals surface area contributed by atoms with Crippen molar-refractivity contribution in [2.45, 2.75) is 26.8 Å². The molecule has 2 rings (SSSR count). The second-order valence-electron chi connectivity index (χ2n) is 5.79. The minimum absolute atomic E-state index is 0.0299. The van der Waals surface area contributed by atoms with Crippen molar-refractivity contribution in [3.8, 4) is 0 Å². The number of amides is 2. The first-order valence-corrected chi connectivity index (χ1v) is 7.29. The van der Waals surface area contributed by atoms with Crippen LogP contribution >= 0.6 is 0 Å². The van der Waals surface area contributed by atoms with Crippen molar-refractivity contribution in [3.05, 3.63) is 30.0 Å². The fourth-order valence-corrected chi connectivity index (χ4v) is 2.15. The van der Waals surface area contributed by atoms with Gasteiger partial charge in [0.05, 0.1) is 12.6 Å². The molecule has 0 radical (unpaired) electrons. The van der Waals surface area contributed by atoms with Gasteiger partial charge < -0.3 is 21.4 Å². The van der Waals surface area contributed by atoms with E-state index in [1.54, 1.807) is 0 Å². The molecule has 0 saturated heterocycles. The molecule has 1 heterocycles. The number of hydrogen-bond acceptors (Lipinski definition) is 3. The lowest BCUT2D eigenvalue weighted by Crippen LogP contribution is -2.46. The number of hydrogen-bond donors (Lipinski definition) is 4. The van der Waals surface area contributed by atoms with Crippen molar-refractivity contribution in [3.63, 3.8) is 0 Å². The SMILES string of the molecule is Cc1cc2cc(NC(=O)CNC(=O)[C@@H](N)C(C)C)ccc2[nH]1. The van der Waals surface area contributed by atoms with E-state index in [0.717, 1.165) is 16.6 Å². The predicted molar refractivity (Wildman–Crippen MR) is 87.5 cm³/mol. The molecule has 1 aromatic carbocycles. The molecule has 5 N–H and O–H groups in total. The molecule has 2 amide bonds. The summed E-state index contributed by atoms with van der Waals surface area (Å²) < 4.78 is 0. The van der Waals surface area contributed by atoms with E-state index in [4.69, 9.17) is 5.73 Å². The first kappa shape index (κ1) is 16.0. The van der Waals surface area contributed by atoms with Crippen LogP contribution in [-0.2, 0) is 9.59 Å². The molecule has 118 valence electrons. The van der Waals surface area contributed by atoms with Crippen molar-refractivity contribution in [1.29, 1.82) is 0 Å². The molecule has 0 unspecified atom stereocenters.